The van der Waals surface area contributed by atoms with E-state index >= 15 is 0 Å². The summed E-state index contributed by atoms with van der Waals surface area (Å²) in [5, 5.41) is 0. The molecule has 2 aromatic carbocycles. The van der Waals surface area contributed by atoms with Crippen LogP contribution in [0.15, 0.2) is 90.1 Å². The van der Waals surface area contributed by atoms with E-state index < -0.39 is 0 Å². The van der Waals surface area contributed by atoms with Gasteiger partial charge in [-0.2, -0.15) is 0 Å². The van der Waals surface area contributed by atoms with Gasteiger partial charge in [0.25, 0.3) is 0 Å². The lowest BCUT2D eigenvalue weighted by Gasteiger charge is -2.27. The maximum absolute atomic E-state index is 4.15. The van der Waals surface area contributed by atoms with Crippen LogP contribution in [0.1, 0.15) is 66.0 Å². The van der Waals surface area contributed by atoms with Crippen LogP contribution >= 0.6 is 0 Å². The van der Waals surface area contributed by atoms with Crippen molar-refractivity contribution in [1.82, 2.24) is 4.90 Å². The third-order valence-corrected chi connectivity index (χ3v) is 6.28. The normalized spacial score (nSPS) is 13.9. The SMILES string of the molecule is C.C=CC.C=CC(C)(c1cccc(-c2cccc(C)c2)c1)C1CC1.CN=C(C)C(=C(C)C)N(C)C. The summed E-state index contributed by atoms with van der Waals surface area (Å²) in [5.74, 6) is 0.771. The second kappa shape index (κ2) is 15.2. The molecule has 0 heterocycles. The maximum atomic E-state index is 4.15. The number of benzene rings is 2. The minimum atomic E-state index is 0. The van der Waals surface area contributed by atoms with Gasteiger partial charge in [-0.1, -0.05) is 86.2 Å². The summed E-state index contributed by atoms with van der Waals surface area (Å²) in [4.78, 5) is 6.24. The molecule has 0 aliphatic heterocycles. The largest absolute Gasteiger partial charge is 0.376 e. The Hall–Kier alpha value is -2.87. The van der Waals surface area contributed by atoms with E-state index in [1.165, 1.54) is 46.4 Å². The Morgan fingerprint density at radius 3 is 1.89 bits per heavy atom. The van der Waals surface area contributed by atoms with E-state index in [9.17, 15) is 0 Å². The van der Waals surface area contributed by atoms with Crippen molar-refractivity contribution in [3.05, 3.63) is 96.2 Å². The minimum absolute atomic E-state index is 0. The molecular formula is C33H50N2. The molecule has 1 unspecified atom stereocenters. The van der Waals surface area contributed by atoms with Gasteiger partial charge in [-0.3, -0.25) is 4.99 Å². The summed E-state index contributed by atoms with van der Waals surface area (Å²) in [6.07, 6.45) is 6.55. The molecule has 2 aromatic rings. The number of aliphatic imine (C=N–C) groups is 1. The average molecular weight is 475 g/mol. The van der Waals surface area contributed by atoms with Crippen molar-refractivity contribution in [3.8, 4) is 11.1 Å². The first kappa shape index (κ1) is 32.1. The van der Waals surface area contributed by atoms with Crippen molar-refractivity contribution >= 4 is 5.71 Å². The molecule has 2 heteroatoms. The molecule has 3 rings (SSSR count). The van der Waals surface area contributed by atoms with Crippen LogP contribution in [0, 0.1) is 12.8 Å². The standard InChI is InChI=1S/C20H22.C9H18N2.C3H6.CH4/c1-4-20(3,18-11-12-18)19-10-6-9-17(14-19)16-8-5-7-15(2)13-16;1-7(2)9(11(5)6)8(3)10-4;1-3-2;/h4-10,13-14,18H,1,11-12H2,2-3H3;1-6H3;3H,1H2,2H3;1H4. The Morgan fingerprint density at radius 1 is 1.00 bits per heavy atom. The summed E-state index contributed by atoms with van der Waals surface area (Å²) in [6.45, 7) is 20.0. The molecule has 0 bridgehead atoms. The smallest absolute Gasteiger partial charge is 0.0558 e. The summed E-state index contributed by atoms with van der Waals surface area (Å²) >= 11 is 0. The van der Waals surface area contributed by atoms with Crippen molar-refractivity contribution in [1.29, 1.82) is 0 Å². The van der Waals surface area contributed by atoms with Crippen LogP contribution in [0.3, 0.4) is 0 Å². The van der Waals surface area contributed by atoms with Crippen LogP contribution in [0.4, 0.5) is 0 Å². The van der Waals surface area contributed by atoms with Crippen LogP contribution in [-0.2, 0) is 5.41 Å². The third-order valence-electron chi connectivity index (χ3n) is 6.28. The molecule has 1 atom stereocenters. The Bertz CT molecular complexity index is 1000. The number of aryl methyl sites for hydroxylation is 1. The van der Waals surface area contributed by atoms with Gasteiger partial charge in [0, 0.05) is 26.6 Å². The zero-order chi connectivity index (χ0) is 25.9. The molecule has 1 aliphatic carbocycles. The van der Waals surface area contributed by atoms with E-state index in [1.807, 2.05) is 35.0 Å². The summed E-state index contributed by atoms with van der Waals surface area (Å²) in [7, 11) is 5.90. The highest BCUT2D eigenvalue weighted by atomic mass is 15.1. The lowest BCUT2D eigenvalue weighted by molar-refractivity contribution is 0.516. The second-order valence-corrected chi connectivity index (χ2v) is 9.67. The molecule has 0 amide bonds. The lowest BCUT2D eigenvalue weighted by Crippen LogP contribution is -2.21. The second-order valence-electron chi connectivity index (χ2n) is 9.67. The fourth-order valence-electron chi connectivity index (χ4n) is 4.30. The summed E-state index contributed by atoms with van der Waals surface area (Å²) in [6, 6.07) is 17.7. The molecule has 0 spiro atoms. The van der Waals surface area contributed by atoms with Crippen molar-refractivity contribution in [2.75, 3.05) is 21.1 Å². The molecule has 2 nitrogen and oxygen atoms in total. The van der Waals surface area contributed by atoms with Gasteiger partial charge in [-0.25, -0.2) is 0 Å². The molecule has 1 saturated carbocycles. The van der Waals surface area contributed by atoms with Gasteiger partial charge in [-0.15, -0.1) is 13.2 Å². The van der Waals surface area contributed by atoms with Crippen molar-refractivity contribution < 1.29 is 0 Å². The van der Waals surface area contributed by atoms with Gasteiger partial charge in [0.05, 0.1) is 11.4 Å². The van der Waals surface area contributed by atoms with Gasteiger partial charge in [0.1, 0.15) is 0 Å². The van der Waals surface area contributed by atoms with E-state index in [0.29, 0.717) is 0 Å². The predicted molar refractivity (Wildman–Crippen MR) is 161 cm³/mol. The van der Waals surface area contributed by atoms with Gasteiger partial charge in [-0.05, 0) is 70.1 Å². The first-order valence-corrected chi connectivity index (χ1v) is 12.2. The van der Waals surface area contributed by atoms with E-state index in [4.69, 9.17) is 0 Å². The summed E-state index contributed by atoms with van der Waals surface area (Å²) in [5.41, 5.74) is 9.06. The van der Waals surface area contributed by atoms with Crippen molar-refractivity contribution in [3.63, 3.8) is 0 Å². The van der Waals surface area contributed by atoms with Gasteiger partial charge in [0.2, 0.25) is 0 Å². The first-order valence-electron chi connectivity index (χ1n) is 12.2. The number of rotatable bonds is 6. The van der Waals surface area contributed by atoms with Gasteiger partial charge in [0.15, 0.2) is 0 Å². The van der Waals surface area contributed by atoms with Gasteiger partial charge < -0.3 is 4.90 Å². The highest BCUT2D eigenvalue weighted by Gasteiger charge is 2.40. The monoisotopic (exact) mass is 474 g/mol. The first-order chi connectivity index (χ1) is 16.0. The Morgan fingerprint density at radius 2 is 1.51 bits per heavy atom. The highest BCUT2D eigenvalue weighted by Crippen LogP contribution is 2.48. The van der Waals surface area contributed by atoms with Crippen LogP contribution in [-0.4, -0.2) is 31.8 Å². The van der Waals surface area contributed by atoms with Crippen LogP contribution in [0.5, 0.6) is 0 Å². The maximum Gasteiger partial charge on any atom is 0.0558 e. The molecule has 0 aromatic heterocycles. The fraction of sp³-hybridized carbons (Fsp3) is 0.424. The molecule has 0 saturated heterocycles. The third kappa shape index (κ3) is 9.36. The summed E-state index contributed by atoms with van der Waals surface area (Å²) < 4.78 is 0. The molecule has 1 aliphatic rings. The zero-order valence-corrected chi connectivity index (χ0v) is 23.1. The number of hydrogen-bond acceptors (Lipinski definition) is 2. The van der Waals surface area contributed by atoms with E-state index in [-0.39, 0.29) is 12.8 Å². The highest BCUT2D eigenvalue weighted by molar-refractivity contribution is 5.98. The Balaban J connectivity index is 0.000000662. The number of nitrogens with zero attached hydrogens (tertiary/aromatic N) is 2. The average Bonchev–Trinajstić information content (AvgIpc) is 3.65. The zero-order valence-electron chi connectivity index (χ0n) is 23.1. The van der Waals surface area contributed by atoms with Crippen LogP contribution < -0.4 is 0 Å². The lowest BCUT2D eigenvalue weighted by atomic mass is 9.77. The quantitative estimate of drug-likeness (QED) is 0.301. The molecule has 0 N–H and O–H groups in total. The molecule has 0 radical (unpaired) electrons. The Labute approximate surface area is 217 Å². The number of allylic oxidation sites excluding steroid dienone is 4. The molecule has 1 fully saturated rings. The van der Waals surface area contributed by atoms with E-state index in [1.54, 1.807) is 6.08 Å². The molecule has 192 valence electrons. The number of hydrogen-bond donors (Lipinski definition) is 0. The topological polar surface area (TPSA) is 15.6 Å². The van der Waals surface area contributed by atoms with E-state index in [0.717, 1.165) is 11.6 Å². The predicted octanol–water partition coefficient (Wildman–Crippen LogP) is 9.28. The molecular weight excluding hydrogens is 424 g/mol. The van der Waals surface area contributed by atoms with Crippen LogP contribution in [0.25, 0.3) is 11.1 Å². The van der Waals surface area contributed by atoms with Crippen molar-refractivity contribution in [2.24, 2.45) is 10.9 Å². The minimum Gasteiger partial charge on any atom is -0.376 e. The Kier molecular flexibility index (Phi) is 13.9. The van der Waals surface area contributed by atoms with Crippen molar-refractivity contribution in [2.45, 2.75) is 67.2 Å². The van der Waals surface area contributed by atoms with Crippen LogP contribution in [0.2, 0.25) is 0 Å². The molecule has 35 heavy (non-hydrogen) atoms. The fourth-order valence-corrected chi connectivity index (χ4v) is 4.30. The van der Waals surface area contributed by atoms with Gasteiger partial charge >= 0.3 is 0 Å². The van der Waals surface area contributed by atoms with E-state index in [2.05, 4.69) is 105 Å².